The van der Waals surface area contributed by atoms with Gasteiger partial charge >= 0.3 is 0 Å². The first-order valence-electron chi connectivity index (χ1n) is 7.08. The molecule has 0 aliphatic carbocycles. The number of piperidine rings is 1. The predicted octanol–water partition coefficient (Wildman–Crippen LogP) is 2.55. The van der Waals surface area contributed by atoms with Crippen LogP contribution in [-0.2, 0) is 4.79 Å². The van der Waals surface area contributed by atoms with Gasteiger partial charge in [0, 0.05) is 23.6 Å². The summed E-state index contributed by atoms with van der Waals surface area (Å²) in [6.45, 7) is 3.19. The molecule has 1 amide bonds. The molecule has 2 rings (SSSR count). The van der Waals surface area contributed by atoms with Gasteiger partial charge in [-0.05, 0) is 43.9 Å². The van der Waals surface area contributed by atoms with Gasteiger partial charge in [-0.3, -0.25) is 4.79 Å². The number of likely N-dealkylation sites (tertiary alicyclic amines) is 1. The zero-order chi connectivity index (χ0) is 15.4. The van der Waals surface area contributed by atoms with Gasteiger partial charge in [-0.25, -0.2) is 4.39 Å². The first-order valence-corrected chi connectivity index (χ1v) is 7.88. The number of hydrogen-bond donors (Lipinski definition) is 1. The minimum atomic E-state index is -0.482. The van der Waals surface area contributed by atoms with Crippen LogP contribution in [0.15, 0.2) is 22.7 Å². The quantitative estimate of drug-likeness (QED) is 0.899. The van der Waals surface area contributed by atoms with Crippen molar-refractivity contribution in [1.29, 1.82) is 0 Å². The van der Waals surface area contributed by atoms with Crippen LogP contribution in [0, 0.1) is 11.7 Å². The monoisotopic (exact) mass is 358 g/mol. The topological polar surface area (TPSA) is 55.6 Å². The van der Waals surface area contributed by atoms with Gasteiger partial charge in [-0.2, -0.15) is 0 Å². The highest BCUT2D eigenvalue weighted by Crippen LogP contribution is 2.22. The van der Waals surface area contributed by atoms with Crippen molar-refractivity contribution in [3.8, 4) is 5.75 Å². The average molecular weight is 359 g/mol. The maximum absolute atomic E-state index is 13.6. The lowest BCUT2D eigenvalue weighted by atomic mass is 9.92. The molecule has 1 heterocycles. The third-order valence-electron chi connectivity index (χ3n) is 3.80. The number of nitrogens with two attached hydrogens (primary N) is 1. The summed E-state index contributed by atoms with van der Waals surface area (Å²) in [5.41, 5.74) is 5.91. The second kappa shape index (κ2) is 7.22. The first-order chi connectivity index (χ1) is 9.97. The zero-order valence-corrected chi connectivity index (χ0v) is 13.6. The van der Waals surface area contributed by atoms with E-state index < -0.39 is 5.82 Å². The second-order valence-electron chi connectivity index (χ2n) is 5.46. The van der Waals surface area contributed by atoms with Crippen LogP contribution in [0.5, 0.6) is 5.75 Å². The molecule has 1 aliphatic rings. The largest absolute Gasteiger partial charge is 0.481 e. The van der Waals surface area contributed by atoms with Crippen molar-refractivity contribution in [2.75, 3.05) is 19.7 Å². The van der Waals surface area contributed by atoms with Crippen LogP contribution in [0.4, 0.5) is 4.39 Å². The van der Waals surface area contributed by atoms with Crippen LogP contribution in [0.1, 0.15) is 19.8 Å². The number of ether oxygens (including phenoxy) is 1. The van der Waals surface area contributed by atoms with Crippen molar-refractivity contribution in [2.45, 2.75) is 25.8 Å². The van der Waals surface area contributed by atoms with Crippen LogP contribution >= 0.6 is 15.9 Å². The fourth-order valence-corrected chi connectivity index (χ4v) is 2.82. The van der Waals surface area contributed by atoms with E-state index in [9.17, 15) is 9.18 Å². The van der Waals surface area contributed by atoms with Crippen molar-refractivity contribution in [3.63, 3.8) is 0 Å². The Morgan fingerprint density at radius 2 is 2.38 bits per heavy atom. The van der Waals surface area contributed by atoms with Gasteiger partial charge in [0.25, 0.3) is 5.91 Å². The summed E-state index contributed by atoms with van der Waals surface area (Å²) in [6, 6.07) is 4.57. The standard InChI is InChI=1S/C15H20BrFN2O2/c1-10(18)11-3-2-6-19(8-11)15(20)9-21-14-5-4-12(16)7-13(14)17/h4-5,7,10-11H,2-3,6,8-9,18H2,1H3/t10-,11-/m0/s1. The van der Waals surface area contributed by atoms with Gasteiger partial charge in [0.2, 0.25) is 0 Å². The molecule has 1 aromatic rings. The lowest BCUT2D eigenvalue weighted by Crippen LogP contribution is -2.46. The molecule has 0 spiro atoms. The number of rotatable bonds is 4. The van der Waals surface area contributed by atoms with E-state index in [0.29, 0.717) is 23.5 Å². The molecule has 0 aromatic heterocycles. The highest BCUT2D eigenvalue weighted by atomic mass is 79.9. The normalized spacial score (nSPS) is 20.2. The molecule has 2 N–H and O–H groups in total. The van der Waals surface area contributed by atoms with Gasteiger partial charge < -0.3 is 15.4 Å². The number of amides is 1. The van der Waals surface area contributed by atoms with E-state index in [-0.39, 0.29) is 24.3 Å². The molecule has 1 fully saturated rings. The fourth-order valence-electron chi connectivity index (χ4n) is 2.49. The van der Waals surface area contributed by atoms with E-state index in [1.165, 1.54) is 12.1 Å². The number of nitrogens with zero attached hydrogens (tertiary/aromatic N) is 1. The SMILES string of the molecule is C[C@H](N)[C@H]1CCCN(C(=O)COc2ccc(Br)cc2F)C1. The third-order valence-corrected chi connectivity index (χ3v) is 4.29. The summed E-state index contributed by atoms with van der Waals surface area (Å²) in [4.78, 5) is 13.9. The highest BCUT2D eigenvalue weighted by Gasteiger charge is 2.26. The van der Waals surface area contributed by atoms with E-state index in [1.807, 2.05) is 6.92 Å². The maximum Gasteiger partial charge on any atom is 0.260 e. The predicted molar refractivity (Wildman–Crippen MR) is 82.5 cm³/mol. The minimum absolute atomic E-state index is 0.0745. The van der Waals surface area contributed by atoms with E-state index >= 15 is 0 Å². The minimum Gasteiger partial charge on any atom is -0.481 e. The van der Waals surface area contributed by atoms with E-state index in [2.05, 4.69) is 15.9 Å². The number of carbonyl (C=O) groups is 1. The van der Waals surface area contributed by atoms with Crippen molar-refractivity contribution in [2.24, 2.45) is 11.7 Å². The summed E-state index contributed by atoms with van der Waals surface area (Å²) < 4.78 is 19.5. The van der Waals surface area contributed by atoms with Crippen molar-refractivity contribution >= 4 is 21.8 Å². The Labute approximate surface area is 132 Å². The molecule has 21 heavy (non-hydrogen) atoms. The molecule has 0 saturated carbocycles. The molecular weight excluding hydrogens is 339 g/mol. The van der Waals surface area contributed by atoms with Gasteiger partial charge in [-0.15, -0.1) is 0 Å². The fraction of sp³-hybridized carbons (Fsp3) is 0.533. The molecular formula is C15H20BrFN2O2. The molecule has 0 bridgehead atoms. The van der Waals surface area contributed by atoms with Crippen LogP contribution in [0.25, 0.3) is 0 Å². The summed E-state index contributed by atoms with van der Waals surface area (Å²) in [5.74, 6) is -0.189. The number of benzene rings is 1. The number of halogens is 2. The molecule has 0 unspecified atom stereocenters. The molecule has 2 atom stereocenters. The summed E-state index contributed by atoms with van der Waals surface area (Å²) in [6.07, 6.45) is 1.99. The molecule has 1 aliphatic heterocycles. The van der Waals surface area contributed by atoms with Crippen LogP contribution in [-0.4, -0.2) is 36.5 Å². The Morgan fingerprint density at radius 3 is 3.05 bits per heavy atom. The number of hydrogen-bond acceptors (Lipinski definition) is 3. The van der Waals surface area contributed by atoms with E-state index in [0.717, 1.165) is 12.8 Å². The lowest BCUT2D eigenvalue weighted by Gasteiger charge is -2.34. The van der Waals surface area contributed by atoms with Crippen LogP contribution in [0.3, 0.4) is 0 Å². The van der Waals surface area contributed by atoms with E-state index in [1.54, 1.807) is 11.0 Å². The summed E-state index contributed by atoms with van der Waals surface area (Å²) >= 11 is 3.18. The highest BCUT2D eigenvalue weighted by molar-refractivity contribution is 9.10. The Bertz CT molecular complexity index is 510. The van der Waals surface area contributed by atoms with Gasteiger partial charge in [0.1, 0.15) is 0 Å². The smallest absolute Gasteiger partial charge is 0.260 e. The molecule has 116 valence electrons. The van der Waals surface area contributed by atoms with Crippen molar-refractivity contribution < 1.29 is 13.9 Å². The molecule has 1 aromatic carbocycles. The average Bonchev–Trinajstić information content (AvgIpc) is 2.46. The van der Waals surface area contributed by atoms with Gasteiger partial charge in [0.05, 0.1) is 0 Å². The van der Waals surface area contributed by atoms with Crippen molar-refractivity contribution in [1.82, 2.24) is 4.90 Å². The van der Waals surface area contributed by atoms with Gasteiger partial charge in [0.15, 0.2) is 18.2 Å². The van der Waals surface area contributed by atoms with Crippen molar-refractivity contribution in [3.05, 3.63) is 28.5 Å². The van der Waals surface area contributed by atoms with E-state index in [4.69, 9.17) is 10.5 Å². The lowest BCUT2D eigenvalue weighted by molar-refractivity contribution is -0.135. The Hall–Kier alpha value is -1.14. The Morgan fingerprint density at radius 1 is 1.62 bits per heavy atom. The zero-order valence-electron chi connectivity index (χ0n) is 12.0. The molecule has 1 saturated heterocycles. The van der Waals surface area contributed by atoms with Crippen LogP contribution in [0.2, 0.25) is 0 Å². The third kappa shape index (κ3) is 4.41. The molecule has 6 heteroatoms. The Kier molecular flexibility index (Phi) is 5.58. The molecule has 4 nitrogen and oxygen atoms in total. The maximum atomic E-state index is 13.6. The van der Waals surface area contributed by atoms with Gasteiger partial charge in [-0.1, -0.05) is 15.9 Å². The summed E-state index contributed by atoms with van der Waals surface area (Å²) in [5, 5.41) is 0. The first kappa shape index (κ1) is 16.2. The summed E-state index contributed by atoms with van der Waals surface area (Å²) in [7, 11) is 0. The number of carbonyl (C=O) groups excluding carboxylic acids is 1. The molecule has 0 radical (unpaired) electrons. The Balaban J connectivity index is 1.89. The van der Waals surface area contributed by atoms with Crippen LogP contribution < -0.4 is 10.5 Å². The second-order valence-corrected chi connectivity index (χ2v) is 6.38.